The van der Waals surface area contributed by atoms with Crippen LogP contribution in [0.1, 0.15) is 40.0 Å². The highest BCUT2D eigenvalue weighted by Gasteiger charge is 2.28. The van der Waals surface area contributed by atoms with Gasteiger partial charge in [0.05, 0.1) is 6.10 Å². The first kappa shape index (κ1) is 9.05. The van der Waals surface area contributed by atoms with Gasteiger partial charge >= 0.3 is 0 Å². The van der Waals surface area contributed by atoms with Gasteiger partial charge in [-0.1, -0.05) is 20.8 Å². The third-order valence-corrected chi connectivity index (χ3v) is 2.98. The van der Waals surface area contributed by atoms with Gasteiger partial charge in [0.25, 0.3) is 0 Å². The molecule has 11 heavy (non-hydrogen) atoms. The second kappa shape index (κ2) is 3.57. The molecule has 1 aliphatic rings. The fourth-order valence-corrected chi connectivity index (χ4v) is 2.13. The van der Waals surface area contributed by atoms with E-state index in [-0.39, 0.29) is 6.10 Å². The Balaban J connectivity index is 2.47. The Morgan fingerprint density at radius 1 is 1.27 bits per heavy atom. The predicted octanol–water partition coefficient (Wildman–Crippen LogP) is 2.44. The summed E-state index contributed by atoms with van der Waals surface area (Å²) in [5, 5.41) is 9.66. The van der Waals surface area contributed by atoms with Gasteiger partial charge in [0.15, 0.2) is 0 Å². The van der Waals surface area contributed by atoms with E-state index in [0.29, 0.717) is 11.8 Å². The zero-order valence-electron chi connectivity index (χ0n) is 7.88. The van der Waals surface area contributed by atoms with Gasteiger partial charge in [-0.3, -0.25) is 0 Å². The molecule has 1 aliphatic carbocycles. The van der Waals surface area contributed by atoms with Crippen molar-refractivity contribution in [2.75, 3.05) is 0 Å². The highest BCUT2D eigenvalue weighted by molar-refractivity contribution is 4.79. The predicted molar refractivity (Wildman–Crippen MR) is 47.3 cm³/mol. The molecule has 0 saturated heterocycles. The zero-order valence-corrected chi connectivity index (χ0v) is 7.88. The van der Waals surface area contributed by atoms with E-state index in [2.05, 4.69) is 20.8 Å². The molecule has 1 fully saturated rings. The van der Waals surface area contributed by atoms with Gasteiger partial charge in [-0.05, 0) is 37.0 Å². The van der Waals surface area contributed by atoms with Crippen molar-refractivity contribution in [2.24, 2.45) is 17.8 Å². The molecule has 0 radical (unpaired) electrons. The third kappa shape index (κ3) is 2.19. The summed E-state index contributed by atoms with van der Waals surface area (Å²) in [5.41, 5.74) is 0. The highest BCUT2D eigenvalue weighted by atomic mass is 16.3. The van der Waals surface area contributed by atoms with E-state index >= 15 is 0 Å². The van der Waals surface area contributed by atoms with E-state index in [1.54, 1.807) is 0 Å². The van der Waals surface area contributed by atoms with Gasteiger partial charge in [0, 0.05) is 0 Å². The van der Waals surface area contributed by atoms with Gasteiger partial charge < -0.3 is 5.11 Å². The van der Waals surface area contributed by atoms with Crippen LogP contribution in [0, 0.1) is 17.8 Å². The smallest absolute Gasteiger partial charge is 0.0571 e. The molecule has 0 amide bonds. The van der Waals surface area contributed by atoms with E-state index < -0.39 is 0 Å². The molecule has 1 rings (SSSR count). The lowest BCUT2D eigenvalue weighted by Crippen LogP contribution is -2.31. The topological polar surface area (TPSA) is 20.2 Å². The van der Waals surface area contributed by atoms with Crippen LogP contribution in [-0.4, -0.2) is 11.2 Å². The molecule has 0 aromatic rings. The first-order valence-corrected chi connectivity index (χ1v) is 4.79. The molecule has 1 saturated carbocycles. The molecule has 0 aromatic heterocycles. The summed E-state index contributed by atoms with van der Waals surface area (Å²) >= 11 is 0. The Labute approximate surface area is 69.8 Å². The molecule has 0 aliphatic heterocycles. The van der Waals surface area contributed by atoms with Crippen LogP contribution >= 0.6 is 0 Å². The molecule has 3 atom stereocenters. The van der Waals surface area contributed by atoms with Gasteiger partial charge in [0.1, 0.15) is 0 Å². The Bertz CT molecular complexity index is 120. The van der Waals surface area contributed by atoms with Crippen molar-refractivity contribution >= 4 is 0 Å². The number of hydrogen-bond acceptors (Lipinski definition) is 1. The SMILES string of the molecule is CC1CCC(O)C(C(C)C)C1. The number of hydrogen-bond donors (Lipinski definition) is 1. The summed E-state index contributed by atoms with van der Waals surface area (Å²) in [6, 6.07) is 0. The first-order valence-electron chi connectivity index (χ1n) is 4.79. The maximum atomic E-state index is 9.66. The Kier molecular flexibility index (Phi) is 2.94. The molecule has 1 N–H and O–H groups in total. The second-order valence-corrected chi connectivity index (χ2v) is 4.39. The van der Waals surface area contributed by atoms with Crippen molar-refractivity contribution in [1.29, 1.82) is 0 Å². The van der Waals surface area contributed by atoms with Crippen LogP contribution in [0.2, 0.25) is 0 Å². The fraction of sp³-hybridized carbons (Fsp3) is 1.00. The normalized spacial score (nSPS) is 39.5. The third-order valence-electron chi connectivity index (χ3n) is 2.98. The van der Waals surface area contributed by atoms with Gasteiger partial charge in [-0.15, -0.1) is 0 Å². The van der Waals surface area contributed by atoms with Gasteiger partial charge in [-0.2, -0.15) is 0 Å². The molecule has 1 nitrogen and oxygen atoms in total. The van der Waals surface area contributed by atoms with Crippen molar-refractivity contribution in [3.8, 4) is 0 Å². The lowest BCUT2D eigenvalue weighted by molar-refractivity contribution is 0.0283. The number of rotatable bonds is 1. The monoisotopic (exact) mass is 156 g/mol. The molecule has 1 heteroatoms. The summed E-state index contributed by atoms with van der Waals surface area (Å²) in [7, 11) is 0. The van der Waals surface area contributed by atoms with Crippen molar-refractivity contribution in [2.45, 2.75) is 46.1 Å². The largest absolute Gasteiger partial charge is 0.393 e. The summed E-state index contributed by atoms with van der Waals surface area (Å²) in [5.74, 6) is 2.03. The van der Waals surface area contributed by atoms with Crippen LogP contribution in [0.5, 0.6) is 0 Å². The average molecular weight is 156 g/mol. The van der Waals surface area contributed by atoms with Crippen LogP contribution in [-0.2, 0) is 0 Å². The Hall–Kier alpha value is -0.0400. The summed E-state index contributed by atoms with van der Waals surface area (Å²) in [4.78, 5) is 0. The van der Waals surface area contributed by atoms with E-state index in [4.69, 9.17) is 0 Å². The van der Waals surface area contributed by atoms with Crippen LogP contribution in [0.25, 0.3) is 0 Å². The highest BCUT2D eigenvalue weighted by Crippen LogP contribution is 2.33. The van der Waals surface area contributed by atoms with E-state index in [1.807, 2.05) is 0 Å². The lowest BCUT2D eigenvalue weighted by Gasteiger charge is -2.34. The molecule has 0 spiro atoms. The minimum atomic E-state index is -0.0220. The van der Waals surface area contributed by atoms with E-state index in [0.717, 1.165) is 12.3 Å². The van der Waals surface area contributed by atoms with Crippen LogP contribution in [0.4, 0.5) is 0 Å². The van der Waals surface area contributed by atoms with Crippen LogP contribution in [0.15, 0.2) is 0 Å². The lowest BCUT2D eigenvalue weighted by atomic mass is 9.75. The van der Waals surface area contributed by atoms with Crippen molar-refractivity contribution < 1.29 is 5.11 Å². The Morgan fingerprint density at radius 3 is 2.36 bits per heavy atom. The van der Waals surface area contributed by atoms with E-state index in [1.165, 1.54) is 12.8 Å². The first-order chi connectivity index (χ1) is 5.11. The van der Waals surface area contributed by atoms with Crippen LogP contribution < -0.4 is 0 Å². The molecule has 66 valence electrons. The minimum absolute atomic E-state index is 0.0220. The molecule has 3 unspecified atom stereocenters. The molecular formula is C10H20O. The van der Waals surface area contributed by atoms with Gasteiger partial charge in [0.2, 0.25) is 0 Å². The van der Waals surface area contributed by atoms with Gasteiger partial charge in [-0.25, -0.2) is 0 Å². The Morgan fingerprint density at radius 2 is 1.91 bits per heavy atom. The van der Waals surface area contributed by atoms with Crippen molar-refractivity contribution in [1.82, 2.24) is 0 Å². The minimum Gasteiger partial charge on any atom is -0.393 e. The second-order valence-electron chi connectivity index (χ2n) is 4.39. The maximum absolute atomic E-state index is 9.66. The number of aliphatic hydroxyl groups is 1. The number of aliphatic hydroxyl groups excluding tert-OH is 1. The fourth-order valence-electron chi connectivity index (χ4n) is 2.13. The summed E-state index contributed by atoms with van der Waals surface area (Å²) in [6.07, 6.45) is 3.43. The van der Waals surface area contributed by atoms with Crippen LogP contribution in [0.3, 0.4) is 0 Å². The maximum Gasteiger partial charge on any atom is 0.0571 e. The standard InChI is InChI=1S/C10H20O/c1-7(2)9-6-8(3)4-5-10(9)11/h7-11H,4-6H2,1-3H3. The quantitative estimate of drug-likeness (QED) is 0.618. The average Bonchev–Trinajstić information content (AvgIpc) is 1.94. The molecular weight excluding hydrogens is 136 g/mol. The zero-order chi connectivity index (χ0) is 8.43. The molecule has 0 bridgehead atoms. The van der Waals surface area contributed by atoms with E-state index in [9.17, 15) is 5.11 Å². The van der Waals surface area contributed by atoms with Crippen molar-refractivity contribution in [3.05, 3.63) is 0 Å². The molecule has 0 aromatic carbocycles. The van der Waals surface area contributed by atoms with Crippen molar-refractivity contribution in [3.63, 3.8) is 0 Å². The summed E-state index contributed by atoms with van der Waals surface area (Å²) < 4.78 is 0. The molecule has 0 heterocycles. The summed E-state index contributed by atoms with van der Waals surface area (Å²) in [6.45, 7) is 6.72.